The summed E-state index contributed by atoms with van der Waals surface area (Å²) in [5.41, 5.74) is 0. The van der Waals surface area contributed by atoms with E-state index in [9.17, 15) is 14.4 Å². The van der Waals surface area contributed by atoms with Gasteiger partial charge in [-0.05, 0) is 70.6 Å². The molecule has 0 radical (unpaired) electrons. The maximum absolute atomic E-state index is 12.8. The van der Waals surface area contributed by atoms with Crippen molar-refractivity contribution in [1.29, 1.82) is 0 Å². The van der Waals surface area contributed by atoms with Crippen LogP contribution in [0.2, 0.25) is 0 Å². The molecule has 0 aliphatic carbocycles. The van der Waals surface area contributed by atoms with Gasteiger partial charge in [0.2, 0.25) is 0 Å². The Morgan fingerprint density at radius 2 is 0.590 bits per heavy atom. The summed E-state index contributed by atoms with van der Waals surface area (Å²) < 4.78 is 16.8. The van der Waals surface area contributed by atoms with Gasteiger partial charge in [-0.15, -0.1) is 0 Å². The third-order valence-corrected chi connectivity index (χ3v) is 11.6. The van der Waals surface area contributed by atoms with E-state index in [0.717, 1.165) is 70.6 Å². The molecule has 0 aromatic heterocycles. The summed E-state index contributed by atoms with van der Waals surface area (Å²) in [6.45, 7) is 6.61. The van der Waals surface area contributed by atoms with Crippen molar-refractivity contribution in [2.75, 3.05) is 13.2 Å². The highest BCUT2D eigenvalue weighted by Crippen LogP contribution is 2.15. The molecule has 0 aliphatic heterocycles. The molecule has 0 aromatic rings. The highest BCUT2D eigenvalue weighted by atomic mass is 16.6. The molecule has 0 aliphatic rings. The number of esters is 3. The molecule has 6 heteroatoms. The van der Waals surface area contributed by atoms with Crippen molar-refractivity contribution in [2.24, 2.45) is 0 Å². The molecule has 0 heterocycles. The average molecular weight is 857 g/mol. The van der Waals surface area contributed by atoms with Crippen molar-refractivity contribution in [3.63, 3.8) is 0 Å². The molecule has 0 amide bonds. The van der Waals surface area contributed by atoms with Crippen molar-refractivity contribution in [2.45, 2.75) is 284 Å². The third-order valence-electron chi connectivity index (χ3n) is 11.6. The van der Waals surface area contributed by atoms with Crippen LogP contribution in [-0.4, -0.2) is 37.2 Å². The van der Waals surface area contributed by atoms with Gasteiger partial charge in [0, 0.05) is 19.3 Å². The lowest BCUT2D eigenvalue weighted by molar-refractivity contribution is -0.167. The first-order valence-corrected chi connectivity index (χ1v) is 26.5. The fraction of sp³-hybridized carbons (Fsp3) is 0.836. The van der Waals surface area contributed by atoms with Crippen molar-refractivity contribution in [3.8, 4) is 0 Å². The number of ether oxygens (including phenoxy) is 3. The van der Waals surface area contributed by atoms with E-state index in [-0.39, 0.29) is 31.1 Å². The molecule has 356 valence electrons. The minimum atomic E-state index is -0.781. The van der Waals surface area contributed by atoms with Gasteiger partial charge in [0.25, 0.3) is 0 Å². The van der Waals surface area contributed by atoms with Gasteiger partial charge in [-0.1, -0.05) is 224 Å². The van der Waals surface area contributed by atoms with E-state index in [4.69, 9.17) is 14.2 Å². The molecule has 0 bridgehead atoms. The largest absolute Gasteiger partial charge is 0.462 e. The van der Waals surface area contributed by atoms with Gasteiger partial charge in [0.05, 0.1) is 0 Å². The van der Waals surface area contributed by atoms with E-state index in [1.54, 1.807) is 0 Å². The van der Waals surface area contributed by atoms with Gasteiger partial charge in [0.1, 0.15) is 13.2 Å². The molecule has 6 nitrogen and oxygen atoms in total. The Kier molecular flexibility index (Phi) is 48.3. The minimum Gasteiger partial charge on any atom is -0.462 e. The third kappa shape index (κ3) is 48.5. The first-order valence-electron chi connectivity index (χ1n) is 26.5. The summed E-state index contributed by atoms with van der Waals surface area (Å²) in [4.78, 5) is 38.0. The van der Waals surface area contributed by atoms with E-state index in [1.807, 2.05) is 0 Å². The highest BCUT2D eigenvalue weighted by Gasteiger charge is 2.19. The summed E-state index contributed by atoms with van der Waals surface area (Å²) >= 11 is 0. The first kappa shape index (κ1) is 58.6. The zero-order chi connectivity index (χ0) is 44.4. The molecule has 1 unspecified atom stereocenters. The molecule has 0 N–H and O–H groups in total. The maximum Gasteiger partial charge on any atom is 0.306 e. The molecular formula is C55H100O6. The predicted molar refractivity (Wildman–Crippen MR) is 261 cm³/mol. The molecule has 0 fully saturated rings. The van der Waals surface area contributed by atoms with Crippen molar-refractivity contribution in [1.82, 2.24) is 0 Å². The SMILES string of the molecule is CCCCCC/C=C\CCCCCCCCCC(=O)OC(COC(=O)CCCCC/C=C\C=C/CCCCCCCCC)COC(=O)CCCCCCCCCCCCCC. The van der Waals surface area contributed by atoms with Crippen LogP contribution in [0, 0.1) is 0 Å². The van der Waals surface area contributed by atoms with Gasteiger partial charge < -0.3 is 14.2 Å². The van der Waals surface area contributed by atoms with E-state index in [0.29, 0.717) is 19.3 Å². The number of hydrogen-bond donors (Lipinski definition) is 0. The van der Waals surface area contributed by atoms with Gasteiger partial charge in [-0.3, -0.25) is 14.4 Å². The minimum absolute atomic E-state index is 0.0794. The average Bonchev–Trinajstić information content (AvgIpc) is 3.26. The summed E-state index contributed by atoms with van der Waals surface area (Å²) in [5, 5.41) is 0. The summed E-state index contributed by atoms with van der Waals surface area (Å²) in [5.74, 6) is -0.901. The number of allylic oxidation sites excluding steroid dienone is 6. The highest BCUT2D eigenvalue weighted by molar-refractivity contribution is 5.71. The number of rotatable bonds is 48. The second-order valence-electron chi connectivity index (χ2n) is 17.8. The fourth-order valence-electron chi connectivity index (χ4n) is 7.60. The molecule has 0 aromatic carbocycles. The summed E-state index contributed by atoms with van der Waals surface area (Å²) in [6.07, 6.45) is 58.4. The molecule has 0 spiro atoms. The smallest absolute Gasteiger partial charge is 0.306 e. The number of carbonyl (C=O) groups excluding carboxylic acids is 3. The maximum atomic E-state index is 12.8. The Hall–Kier alpha value is -2.37. The Bertz CT molecular complexity index is 1030. The lowest BCUT2D eigenvalue weighted by Crippen LogP contribution is -2.30. The fourth-order valence-corrected chi connectivity index (χ4v) is 7.60. The van der Waals surface area contributed by atoms with Crippen LogP contribution in [0.15, 0.2) is 36.5 Å². The number of carbonyl (C=O) groups is 3. The van der Waals surface area contributed by atoms with E-state index < -0.39 is 6.10 Å². The number of unbranched alkanes of at least 4 members (excludes halogenated alkanes) is 32. The molecular weight excluding hydrogens is 757 g/mol. The summed E-state index contributed by atoms with van der Waals surface area (Å²) in [6, 6.07) is 0. The van der Waals surface area contributed by atoms with Crippen LogP contribution in [0.3, 0.4) is 0 Å². The summed E-state index contributed by atoms with van der Waals surface area (Å²) in [7, 11) is 0. The van der Waals surface area contributed by atoms with E-state index in [1.165, 1.54) is 167 Å². The van der Waals surface area contributed by atoms with Crippen LogP contribution in [0.4, 0.5) is 0 Å². The Balaban J connectivity index is 4.40. The predicted octanol–water partition coefficient (Wildman–Crippen LogP) is 17.3. The van der Waals surface area contributed by atoms with Gasteiger partial charge in [-0.25, -0.2) is 0 Å². The van der Waals surface area contributed by atoms with Crippen LogP contribution < -0.4 is 0 Å². The topological polar surface area (TPSA) is 78.9 Å². The molecule has 0 saturated carbocycles. The molecule has 1 atom stereocenters. The number of hydrogen-bond acceptors (Lipinski definition) is 6. The van der Waals surface area contributed by atoms with Crippen LogP contribution in [0.25, 0.3) is 0 Å². The molecule has 61 heavy (non-hydrogen) atoms. The Morgan fingerprint density at radius 1 is 0.328 bits per heavy atom. The van der Waals surface area contributed by atoms with Crippen molar-refractivity contribution < 1.29 is 28.6 Å². The zero-order valence-corrected chi connectivity index (χ0v) is 40.7. The second-order valence-corrected chi connectivity index (χ2v) is 17.8. The van der Waals surface area contributed by atoms with Crippen LogP contribution in [-0.2, 0) is 28.6 Å². The first-order chi connectivity index (χ1) is 30.0. The van der Waals surface area contributed by atoms with Crippen LogP contribution >= 0.6 is 0 Å². The van der Waals surface area contributed by atoms with Crippen LogP contribution in [0.5, 0.6) is 0 Å². The van der Waals surface area contributed by atoms with E-state index >= 15 is 0 Å². The lowest BCUT2D eigenvalue weighted by atomic mass is 10.0. The van der Waals surface area contributed by atoms with Crippen LogP contribution in [0.1, 0.15) is 278 Å². The standard InChI is InChI=1S/C55H100O6/c1-4-7-10-13-16-19-22-25-27-29-30-33-36-39-42-45-48-54(57)60-51-52(50-59-53(56)47-44-41-38-35-32-24-21-18-15-12-9-6-3)61-55(58)49-46-43-40-37-34-31-28-26-23-20-17-14-11-8-5-2/h20,23,27,29-30,33,52H,4-19,21-22,24-26,28,31-32,34-51H2,1-3H3/b23-20-,29-27-,33-30-. The monoisotopic (exact) mass is 857 g/mol. The Morgan fingerprint density at radius 3 is 0.951 bits per heavy atom. The van der Waals surface area contributed by atoms with Gasteiger partial charge in [-0.2, -0.15) is 0 Å². The van der Waals surface area contributed by atoms with Gasteiger partial charge >= 0.3 is 17.9 Å². The van der Waals surface area contributed by atoms with Gasteiger partial charge in [0.15, 0.2) is 6.10 Å². The Labute approximate surface area is 378 Å². The molecule has 0 rings (SSSR count). The normalized spacial score (nSPS) is 12.2. The molecule has 0 saturated heterocycles. The zero-order valence-electron chi connectivity index (χ0n) is 40.7. The van der Waals surface area contributed by atoms with E-state index in [2.05, 4.69) is 57.2 Å². The quantitative estimate of drug-likeness (QED) is 0.0199. The second kappa shape index (κ2) is 50.3. The lowest BCUT2D eigenvalue weighted by Gasteiger charge is -2.18. The van der Waals surface area contributed by atoms with Crippen molar-refractivity contribution >= 4 is 17.9 Å². The van der Waals surface area contributed by atoms with Crippen molar-refractivity contribution in [3.05, 3.63) is 36.5 Å².